The first-order chi connectivity index (χ1) is 10.8. The predicted molar refractivity (Wildman–Crippen MR) is 79.7 cm³/mol. The second kappa shape index (κ2) is 5.03. The summed E-state index contributed by atoms with van der Waals surface area (Å²) in [6.07, 6.45) is -0.265. The molecule has 2 aromatic rings. The second-order valence-corrected chi connectivity index (χ2v) is 5.43. The molecule has 4 rings (SSSR count). The van der Waals surface area contributed by atoms with Gasteiger partial charge in [-0.05, 0) is 11.6 Å². The lowest BCUT2D eigenvalue weighted by molar-refractivity contribution is 0.137. The topological polar surface area (TPSA) is 45.1 Å². The van der Waals surface area contributed by atoms with E-state index >= 15 is 0 Å². The van der Waals surface area contributed by atoms with Gasteiger partial charge in [-0.2, -0.15) is 5.06 Å². The van der Waals surface area contributed by atoms with Crippen LogP contribution in [0.1, 0.15) is 22.9 Å². The number of hydrogen-bond donors (Lipinski definition) is 0. The quantitative estimate of drug-likeness (QED) is 0.800. The number of nitrogens with zero attached hydrogens (tertiary/aromatic N) is 2. The Morgan fingerprint density at radius 3 is 2.73 bits per heavy atom. The minimum atomic E-state index is -0.265. The number of hydrogen-bond acceptors (Lipinski definition) is 3. The molecule has 0 N–H and O–H groups in total. The van der Waals surface area contributed by atoms with Gasteiger partial charge in [0.05, 0.1) is 13.7 Å². The fourth-order valence-electron chi connectivity index (χ4n) is 2.90. The third kappa shape index (κ3) is 2.10. The number of amides is 2. The molecule has 112 valence electrons. The summed E-state index contributed by atoms with van der Waals surface area (Å²) in [5.41, 5.74) is 3.20. The summed E-state index contributed by atoms with van der Waals surface area (Å²) in [7, 11) is 1.65. The Morgan fingerprint density at radius 1 is 1.14 bits per heavy atom. The van der Waals surface area contributed by atoms with Crippen molar-refractivity contribution >= 4 is 6.03 Å². The Labute approximate surface area is 128 Å². The summed E-state index contributed by atoms with van der Waals surface area (Å²) in [6, 6.07) is 15.5. The van der Waals surface area contributed by atoms with E-state index in [0.717, 1.165) is 22.4 Å². The van der Waals surface area contributed by atoms with Gasteiger partial charge in [0.1, 0.15) is 5.75 Å². The molecule has 0 radical (unpaired) electrons. The van der Waals surface area contributed by atoms with Gasteiger partial charge in [0.15, 0.2) is 0 Å². The first kappa shape index (κ1) is 13.2. The molecule has 0 aromatic heterocycles. The lowest BCUT2D eigenvalue weighted by atomic mass is 10.1. The average Bonchev–Trinajstić information content (AvgIpc) is 3.25. The Balaban J connectivity index is 1.48. The molecule has 5 heteroatoms. The van der Waals surface area contributed by atoms with Gasteiger partial charge in [0.2, 0.25) is 6.23 Å². The van der Waals surface area contributed by atoms with Crippen molar-refractivity contribution < 1.29 is 14.4 Å². The van der Waals surface area contributed by atoms with Crippen LogP contribution in [0.2, 0.25) is 0 Å². The van der Waals surface area contributed by atoms with Crippen LogP contribution in [0, 0.1) is 0 Å². The number of fused-ring (bicyclic) bond motifs is 1. The van der Waals surface area contributed by atoms with E-state index in [9.17, 15) is 4.79 Å². The van der Waals surface area contributed by atoms with Crippen LogP contribution in [0.4, 0.5) is 4.79 Å². The normalized spacial score (nSPS) is 19.0. The number of carbonyl (C=O) groups is 1. The first-order valence-electron chi connectivity index (χ1n) is 7.22. The maximum Gasteiger partial charge on any atom is 0.347 e. The minimum absolute atomic E-state index is 0.105. The van der Waals surface area contributed by atoms with Crippen molar-refractivity contribution in [3.63, 3.8) is 0 Å². The molecular formula is C17H16N2O3. The van der Waals surface area contributed by atoms with Crippen LogP contribution >= 0.6 is 0 Å². The Kier molecular flexibility index (Phi) is 3.01. The largest absolute Gasteiger partial charge is 0.496 e. The van der Waals surface area contributed by atoms with Crippen molar-refractivity contribution in [3.8, 4) is 5.75 Å². The molecule has 2 aromatic carbocycles. The lowest BCUT2D eigenvalue weighted by Crippen LogP contribution is -2.30. The Morgan fingerprint density at radius 2 is 1.95 bits per heavy atom. The number of benzene rings is 2. The number of urea groups is 1. The molecule has 0 saturated carbocycles. The monoisotopic (exact) mass is 296 g/mol. The highest BCUT2D eigenvalue weighted by atomic mass is 16.8. The number of ether oxygens (including phenoxy) is 1. The number of hydroxylamine groups is 2. The fraction of sp³-hybridized carbons (Fsp3) is 0.235. The van der Waals surface area contributed by atoms with E-state index in [1.54, 1.807) is 12.0 Å². The minimum Gasteiger partial charge on any atom is -0.496 e. The van der Waals surface area contributed by atoms with Crippen LogP contribution in [-0.4, -0.2) is 23.1 Å². The SMILES string of the molecule is COc1cccc2c1CN(C(=O)N1OC1c1ccccc1)C2. The molecule has 0 bridgehead atoms. The summed E-state index contributed by atoms with van der Waals surface area (Å²) < 4.78 is 5.37. The maximum absolute atomic E-state index is 12.5. The summed E-state index contributed by atoms with van der Waals surface area (Å²) in [4.78, 5) is 19.8. The molecule has 2 aliphatic heterocycles. The molecule has 2 amide bonds. The maximum atomic E-state index is 12.5. The highest BCUT2D eigenvalue weighted by Gasteiger charge is 2.45. The van der Waals surface area contributed by atoms with E-state index < -0.39 is 0 Å². The fourth-order valence-corrected chi connectivity index (χ4v) is 2.90. The van der Waals surface area contributed by atoms with Gasteiger partial charge in [-0.15, -0.1) is 0 Å². The van der Waals surface area contributed by atoms with Crippen LogP contribution in [0.25, 0.3) is 0 Å². The van der Waals surface area contributed by atoms with E-state index in [1.165, 1.54) is 5.06 Å². The van der Waals surface area contributed by atoms with E-state index in [1.807, 2.05) is 48.5 Å². The van der Waals surface area contributed by atoms with E-state index in [-0.39, 0.29) is 12.3 Å². The first-order valence-corrected chi connectivity index (χ1v) is 7.22. The van der Waals surface area contributed by atoms with E-state index in [2.05, 4.69) is 0 Å². The molecule has 5 nitrogen and oxygen atoms in total. The van der Waals surface area contributed by atoms with Crippen molar-refractivity contribution in [1.82, 2.24) is 9.96 Å². The van der Waals surface area contributed by atoms with E-state index in [4.69, 9.17) is 9.57 Å². The van der Waals surface area contributed by atoms with Crippen LogP contribution in [0.3, 0.4) is 0 Å². The molecule has 0 aliphatic carbocycles. The molecular weight excluding hydrogens is 280 g/mol. The van der Waals surface area contributed by atoms with Gasteiger partial charge in [0, 0.05) is 17.7 Å². The van der Waals surface area contributed by atoms with Crippen LogP contribution in [0.5, 0.6) is 5.75 Å². The zero-order valence-electron chi connectivity index (χ0n) is 12.2. The zero-order valence-corrected chi connectivity index (χ0v) is 12.2. The van der Waals surface area contributed by atoms with Crippen molar-refractivity contribution in [2.75, 3.05) is 7.11 Å². The highest BCUT2D eigenvalue weighted by molar-refractivity contribution is 5.76. The summed E-state index contributed by atoms with van der Waals surface area (Å²) in [6.45, 7) is 1.15. The molecule has 2 aliphatic rings. The van der Waals surface area contributed by atoms with Crippen LogP contribution < -0.4 is 4.74 Å². The predicted octanol–water partition coefficient (Wildman–Crippen LogP) is 3.08. The van der Waals surface area contributed by atoms with Crippen molar-refractivity contribution in [2.45, 2.75) is 19.3 Å². The number of carbonyl (C=O) groups excluding carboxylic acids is 1. The molecule has 1 unspecified atom stereocenters. The summed E-state index contributed by atoms with van der Waals surface area (Å²) >= 11 is 0. The van der Waals surface area contributed by atoms with Crippen LogP contribution in [0.15, 0.2) is 48.5 Å². The van der Waals surface area contributed by atoms with Crippen molar-refractivity contribution in [3.05, 3.63) is 65.2 Å². The third-order valence-corrected chi connectivity index (χ3v) is 4.08. The molecule has 1 atom stereocenters. The zero-order chi connectivity index (χ0) is 15.1. The van der Waals surface area contributed by atoms with Crippen LogP contribution in [-0.2, 0) is 17.9 Å². The second-order valence-electron chi connectivity index (χ2n) is 5.43. The van der Waals surface area contributed by atoms with Gasteiger partial charge in [-0.3, -0.25) is 0 Å². The average molecular weight is 296 g/mol. The molecule has 22 heavy (non-hydrogen) atoms. The molecule has 1 saturated heterocycles. The van der Waals surface area contributed by atoms with Crippen molar-refractivity contribution in [2.24, 2.45) is 0 Å². The molecule has 0 spiro atoms. The van der Waals surface area contributed by atoms with Gasteiger partial charge < -0.3 is 9.64 Å². The highest BCUT2D eigenvalue weighted by Crippen LogP contribution is 2.40. The van der Waals surface area contributed by atoms with Gasteiger partial charge in [-0.1, -0.05) is 42.5 Å². The summed E-state index contributed by atoms with van der Waals surface area (Å²) in [5, 5.41) is 1.42. The number of methoxy groups -OCH3 is 1. The Bertz CT molecular complexity index is 717. The van der Waals surface area contributed by atoms with Gasteiger partial charge >= 0.3 is 6.03 Å². The third-order valence-electron chi connectivity index (χ3n) is 4.08. The number of rotatable bonds is 2. The Hall–Kier alpha value is -2.53. The lowest BCUT2D eigenvalue weighted by Gasteiger charge is -2.14. The smallest absolute Gasteiger partial charge is 0.347 e. The van der Waals surface area contributed by atoms with E-state index in [0.29, 0.717) is 13.1 Å². The van der Waals surface area contributed by atoms with Gasteiger partial charge in [0.25, 0.3) is 0 Å². The van der Waals surface area contributed by atoms with Crippen molar-refractivity contribution in [1.29, 1.82) is 0 Å². The van der Waals surface area contributed by atoms with Gasteiger partial charge in [-0.25, -0.2) is 9.63 Å². The summed E-state index contributed by atoms with van der Waals surface area (Å²) in [5.74, 6) is 0.833. The standard InChI is InChI=1S/C17H16N2O3/c1-21-15-9-5-8-13-10-18(11-14(13)15)17(20)19-16(22-19)12-6-3-2-4-7-12/h2-9,16H,10-11H2,1H3. The molecule has 1 fully saturated rings. The molecule has 2 heterocycles.